The summed E-state index contributed by atoms with van der Waals surface area (Å²) in [5.74, 6) is -1.76. The monoisotopic (exact) mass is 236 g/mol. The second-order valence-electron chi connectivity index (χ2n) is 3.65. The summed E-state index contributed by atoms with van der Waals surface area (Å²) < 4.78 is 4.96. The molecule has 0 heterocycles. The fraction of sp³-hybridized carbons (Fsp3) is 0.385. The third kappa shape index (κ3) is 4.26. The number of hydrogen-bond acceptors (Lipinski definition) is 3. The lowest BCUT2D eigenvalue weighted by molar-refractivity contribution is -0.145. The van der Waals surface area contributed by atoms with Crippen LogP contribution in [0.4, 0.5) is 0 Å². The van der Waals surface area contributed by atoms with Crippen molar-refractivity contribution in [3.8, 4) is 0 Å². The standard InChI is InChI=1S/C13H16O4/c1-2-17-13(16)11(8-9-12(14)15)10-6-4-3-5-7-10/h3-7,11H,2,8-9H2,1H3,(H,14,15). The Balaban J connectivity index is 2.78. The largest absolute Gasteiger partial charge is 0.481 e. The number of rotatable bonds is 6. The molecule has 0 aliphatic rings. The van der Waals surface area contributed by atoms with E-state index in [0.717, 1.165) is 5.56 Å². The molecule has 0 fully saturated rings. The maximum absolute atomic E-state index is 11.7. The summed E-state index contributed by atoms with van der Waals surface area (Å²) in [4.78, 5) is 22.3. The Bertz CT molecular complexity index is 372. The van der Waals surface area contributed by atoms with Crippen LogP contribution >= 0.6 is 0 Å². The van der Waals surface area contributed by atoms with E-state index in [1.165, 1.54) is 0 Å². The van der Waals surface area contributed by atoms with Crippen LogP contribution in [0, 0.1) is 0 Å². The lowest BCUT2D eigenvalue weighted by atomic mass is 9.94. The van der Waals surface area contributed by atoms with Gasteiger partial charge in [0.25, 0.3) is 0 Å². The minimum atomic E-state index is -0.907. The SMILES string of the molecule is CCOC(=O)C(CCC(=O)O)c1ccccc1. The van der Waals surface area contributed by atoms with Crippen LogP contribution in [-0.2, 0) is 14.3 Å². The predicted molar refractivity (Wildman–Crippen MR) is 62.7 cm³/mol. The Kier molecular flexibility index (Phi) is 5.20. The Morgan fingerprint density at radius 2 is 1.94 bits per heavy atom. The molecule has 1 unspecified atom stereocenters. The first kappa shape index (κ1) is 13.2. The van der Waals surface area contributed by atoms with Gasteiger partial charge < -0.3 is 9.84 Å². The number of benzene rings is 1. The summed E-state index contributed by atoms with van der Waals surface area (Å²) in [6.07, 6.45) is 0.219. The molecule has 0 aromatic heterocycles. The van der Waals surface area contributed by atoms with Crippen LogP contribution in [0.5, 0.6) is 0 Å². The van der Waals surface area contributed by atoms with Crippen LogP contribution in [0.2, 0.25) is 0 Å². The first-order valence-corrected chi connectivity index (χ1v) is 5.58. The van der Waals surface area contributed by atoms with Gasteiger partial charge in [0.1, 0.15) is 0 Å². The van der Waals surface area contributed by atoms with Gasteiger partial charge in [0.2, 0.25) is 0 Å². The van der Waals surface area contributed by atoms with E-state index in [2.05, 4.69) is 0 Å². The van der Waals surface area contributed by atoms with E-state index in [1.807, 2.05) is 30.3 Å². The molecule has 0 spiro atoms. The summed E-state index contributed by atoms with van der Waals surface area (Å²) >= 11 is 0. The van der Waals surface area contributed by atoms with Gasteiger partial charge in [-0.3, -0.25) is 9.59 Å². The summed E-state index contributed by atoms with van der Waals surface area (Å²) in [5.41, 5.74) is 0.798. The van der Waals surface area contributed by atoms with Crippen molar-refractivity contribution in [1.82, 2.24) is 0 Å². The van der Waals surface area contributed by atoms with Crippen molar-refractivity contribution >= 4 is 11.9 Å². The van der Waals surface area contributed by atoms with Gasteiger partial charge in [-0.25, -0.2) is 0 Å². The van der Waals surface area contributed by atoms with Crippen LogP contribution in [0.15, 0.2) is 30.3 Å². The Morgan fingerprint density at radius 3 is 2.47 bits per heavy atom. The number of esters is 1. The molecule has 0 radical (unpaired) electrons. The molecule has 1 aromatic carbocycles. The molecule has 1 aromatic rings. The molecule has 92 valence electrons. The molecule has 4 nitrogen and oxygen atoms in total. The van der Waals surface area contributed by atoms with Crippen LogP contribution in [0.25, 0.3) is 0 Å². The minimum Gasteiger partial charge on any atom is -0.481 e. The van der Waals surface area contributed by atoms with Gasteiger partial charge in [0, 0.05) is 6.42 Å². The van der Waals surface area contributed by atoms with E-state index in [4.69, 9.17) is 9.84 Å². The van der Waals surface area contributed by atoms with Crippen LogP contribution in [-0.4, -0.2) is 23.7 Å². The van der Waals surface area contributed by atoms with Crippen LogP contribution < -0.4 is 0 Å². The summed E-state index contributed by atoms with van der Waals surface area (Å²) in [6, 6.07) is 9.11. The van der Waals surface area contributed by atoms with Crippen molar-refractivity contribution in [1.29, 1.82) is 0 Å². The highest BCUT2D eigenvalue weighted by Crippen LogP contribution is 2.22. The van der Waals surface area contributed by atoms with E-state index >= 15 is 0 Å². The first-order chi connectivity index (χ1) is 8.15. The summed E-state index contributed by atoms with van der Waals surface area (Å²) in [7, 11) is 0. The quantitative estimate of drug-likeness (QED) is 0.769. The van der Waals surface area contributed by atoms with E-state index in [1.54, 1.807) is 6.92 Å². The van der Waals surface area contributed by atoms with Gasteiger partial charge in [0.05, 0.1) is 12.5 Å². The average Bonchev–Trinajstić information content (AvgIpc) is 2.30. The Morgan fingerprint density at radius 1 is 1.29 bits per heavy atom. The van der Waals surface area contributed by atoms with Gasteiger partial charge >= 0.3 is 11.9 Å². The molecule has 1 rings (SSSR count). The smallest absolute Gasteiger partial charge is 0.313 e. The Labute approximate surface area is 100 Å². The van der Waals surface area contributed by atoms with E-state index in [0.29, 0.717) is 6.61 Å². The highest BCUT2D eigenvalue weighted by molar-refractivity contribution is 5.79. The molecule has 4 heteroatoms. The highest BCUT2D eigenvalue weighted by atomic mass is 16.5. The van der Waals surface area contributed by atoms with Crippen LogP contribution in [0.3, 0.4) is 0 Å². The second-order valence-corrected chi connectivity index (χ2v) is 3.65. The maximum Gasteiger partial charge on any atom is 0.313 e. The third-order valence-electron chi connectivity index (χ3n) is 2.42. The zero-order valence-electron chi connectivity index (χ0n) is 9.76. The third-order valence-corrected chi connectivity index (χ3v) is 2.42. The van der Waals surface area contributed by atoms with Gasteiger partial charge in [0.15, 0.2) is 0 Å². The second kappa shape index (κ2) is 6.68. The minimum absolute atomic E-state index is 0.0433. The van der Waals surface area contributed by atoms with Crippen molar-refractivity contribution in [2.75, 3.05) is 6.61 Å². The molecule has 0 amide bonds. The van der Waals surface area contributed by atoms with E-state index in [9.17, 15) is 9.59 Å². The van der Waals surface area contributed by atoms with E-state index < -0.39 is 11.9 Å². The van der Waals surface area contributed by atoms with Crippen molar-refractivity contribution in [3.63, 3.8) is 0 Å². The molecule has 0 aliphatic carbocycles. The topological polar surface area (TPSA) is 63.6 Å². The number of hydrogen-bond donors (Lipinski definition) is 1. The molecule has 0 saturated heterocycles. The molecule has 0 aliphatic heterocycles. The Hall–Kier alpha value is -1.84. The lowest BCUT2D eigenvalue weighted by Crippen LogP contribution is -2.17. The molecule has 1 N–H and O–H groups in total. The summed E-state index contributed by atoms with van der Waals surface area (Å²) in [5, 5.41) is 8.67. The maximum atomic E-state index is 11.7. The number of aliphatic carboxylic acids is 1. The van der Waals surface area contributed by atoms with E-state index in [-0.39, 0.29) is 18.8 Å². The van der Waals surface area contributed by atoms with Crippen molar-refractivity contribution in [3.05, 3.63) is 35.9 Å². The predicted octanol–water partition coefficient (Wildman–Crippen LogP) is 2.20. The van der Waals surface area contributed by atoms with Crippen molar-refractivity contribution in [2.24, 2.45) is 0 Å². The van der Waals surface area contributed by atoms with Gasteiger partial charge in [-0.2, -0.15) is 0 Å². The van der Waals surface area contributed by atoms with Crippen molar-refractivity contribution < 1.29 is 19.4 Å². The zero-order valence-corrected chi connectivity index (χ0v) is 9.76. The molecular weight excluding hydrogens is 220 g/mol. The highest BCUT2D eigenvalue weighted by Gasteiger charge is 2.22. The molecule has 17 heavy (non-hydrogen) atoms. The van der Waals surface area contributed by atoms with Crippen LogP contribution in [0.1, 0.15) is 31.2 Å². The normalized spacial score (nSPS) is 11.8. The number of carboxylic acid groups (broad SMARTS) is 1. The fourth-order valence-corrected chi connectivity index (χ4v) is 1.62. The number of carbonyl (C=O) groups is 2. The number of carboxylic acids is 1. The number of carbonyl (C=O) groups excluding carboxylic acids is 1. The van der Waals surface area contributed by atoms with Gasteiger partial charge in [-0.15, -0.1) is 0 Å². The number of ether oxygens (including phenoxy) is 1. The van der Waals surface area contributed by atoms with Crippen molar-refractivity contribution in [2.45, 2.75) is 25.7 Å². The molecule has 0 saturated carbocycles. The molecular formula is C13H16O4. The average molecular weight is 236 g/mol. The zero-order chi connectivity index (χ0) is 12.7. The first-order valence-electron chi connectivity index (χ1n) is 5.58. The van der Waals surface area contributed by atoms with Gasteiger partial charge in [-0.1, -0.05) is 30.3 Å². The molecule has 0 bridgehead atoms. The fourth-order valence-electron chi connectivity index (χ4n) is 1.62. The van der Waals surface area contributed by atoms with Gasteiger partial charge in [-0.05, 0) is 18.9 Å². The molecule has 1 atom stereocenters. The summed E-state index contributed by atoms with van der Waals surface area (Å²) in [6.45, 7) is 2.03. The lowest BCUT2D eigenvalue weighted by Gasteiger charge is -2.14.